The van der Waals surface area contributed by atoms with Gasteiger partial charge >= 0.3 is 35.8 Å². The summed E-state index contributed by atoms with van der Waals surface area (Å²) in [4.78, 5) is 162. The Morgan fingerprint density at radius 2 is 1.01 bits per heavy atom. The molecule has 16 N–H and O–H groups in total. The van der Waals surface area contributed by atoms with Crippen molar-refractivity contribution in [2.75, 3.05) is 54.9 Å². The van der Waals surface area contributed by atoms with E-state index in [1.165, 1.54) is 48.5 Å². The summed E-state index contributed by atoms with van der Waals surface area (Å²) in [7, 11) is -27.1. The number of carboxylic acids is 6. The number of anilines is 1. The first-order chi connectivity index (χ1) is 63.7. The van der Waals surface area contributed by atoms with Crippen molar-refractivity contribution in [3.63, 3.8) is 0 Å². The van der Waals surface area contributed by atoms with E-state index in [9.17, 15) is 144 Å². The molecular formula is C91H125N6O34P2S4+. The number of hydrogen-bond acceptors (Lipinski definition) is 23. The molecule has 0 radical (unpaired) electrons. The predicted molar refractivity (Wildman–Crippen MR) is 497 cm³/mol. The van der Waals surface area contributed by atoms with Crippen LogP contribution in [0.4, 0.5) is 11.4 Å². The first-order valence-electron chi connectivity index (χ1n) is 45.5. The maximum absolute atomic E-state index is 14.5. The maximum atomic E-state index is 14.5. The third kappa shape index (κ3) is 30.9. The molecule has 3 aromatic carbocycles. The number of nitrogens with one attached hydrogen (secondary N) is 4. The van der Waals surface area contributed by atoms with Gasteiger partial charge in [-0.3, -0.25) is 65.7 Å². The largest absolute Gasteiger partial charge is 0.481 e. The highest BCUT2D eigenvalue weighted by molar-refractivity contribution is 7.86. The normalized spacial score (nSPS) is 22.3. The van der Waals surface area contributed by atoms with Crippen LogP contribution in [0, 0.1) is 28.1 Å². The fourth-order valence-corrected chi connectivity index (χ4v) is 27.1. The van der Waals surface area contributed by atoms with Crippen LogP contribution >= 0.6 is 14.7 Å². The van der Waals surface area contributed by atoms with Gasteiger partial charge in [0.05, 0.1) is 37.7 Å². The number of aldehydes is 1. The monoisotopic (exact) mass is 2040 g/mol. The Kier molecular flexibility index (Phi) is 37.0. The fourth-order valence-electron chi connectivity index (χ4n) is 21.3. The summed E-state index contributed by atoms with van der Waals surface area (Å²) in [5.41, 5.74) is -0.332. The molecule has 8 atom stereocenters. The van der Waals surface area contributed by atoms with Crippen molar-refractivity contribution >= 4 is 138 Å². The lowest BCUT2D eigenvalue weighted by Gasteiger charge is -2.71. The number of carboxylic acid groups (broad SMARTS) is 6. The van der Waals surface area contributed by atoms with Gasteiger partial charge in [-0.25, -0.2) is 9.59 Å². The van der Waals surface area contributed by atoms with Crippen molar-refractivity contribution in [1.82, 2.24) is 21.3 Å². The molecule has 4 amide bonds. The Morgan fingerprint density at radius 1 is 0.518 bits per heavy atom. The Bertz CT molecular complexity index is 5760. The number of nitrogens with zero attached hydrogens (tertiary/aromatic N) is 2. The minimum absolute atomic E-state index is 0.00704. The van der Waals surface area contributed by atoms with Crippen molar-refractivity contribution in [3.8, 4) is 5.75 Å². The van der Waals surface area contributed by atoms with Gasteiger partial charge in [0.25, 0.3) is 40.5 Å². The summed E-state index contributed by atoms with van der Waals surface area (Å²) in [6.07, 6.45) is 8.10. The van der Waals surface area contributed by atoms with Crippen molar-refractivity contribution in [1.29, 1.82) is 0 Å². The number of carbonyl (C=O) groups excluding carboxylic acids is 5. The Hall–Kier alpha value is -9.72. The number of benzene rings is 3. The molecule has 2 heterocycles. The standard InChI is InChI=1S/C91H124N6O34P2S4/c1-86(2)67-49-65(136(125,126)127)27-29-71(67)96(73(86)31-19-59-15-13-16-60(81(59)131-63-23-25-64(26-24-63)135(122,123)124)20-32-74-87(3,4)68-50-66(137(128,129)130)28-30-72(68)97(74)44-11-12-48-134(119,120)121)43-10-6-8-17-75(99)92-42-9-5-7-18-78(102)95-91-56-88(39-14-45-98)53-89(57-91,40-35-76(100)93-69(84(111)112)37-46-132(115,116)51-61(82(107)108)21-33-79(103)104)55-90(54-88,58-91)41-36-77(101)94-70(85(113)114)38-47-133(117,118)52-62(83(109)110)22-34-80(105)106/h19-20,23-32,45,49-50,61-62,69-70H,5-18,21-22,33-44,46-48,51-58H2,1-4H3,(H15-,92,93,94,95,99,100,101,102,103,104,105,106,107,108,109,110,111,112,113,114,115,116,117,118,119,120,121,122,123,124,125,126,127,128,129,130)/p+1/t61?,62?,69-,70-,88?,89?,90?,91?/m0/s1. The molecule has 10 rings (SSSR count). The van der Waals surface area contributed by atoms with Crippen LogP contribution in [0.5, 0.6) is 5.75 Å². The number of amides is 4. The van der Waals surface area contributed by atoms with Crippen molar-refractivity contribution in [2.24, 2.45) is 28.1 Å². The minimum atomic E-state index is -4.69. The summed E-state index contributed by atoms with van der Waals surface area (Å²) in [6.45, 7) is 8.32. The molecule has 0 saturated heterocycles. The van der Waals surface area contributed by atoms with E-state index in [1.807, 2.05) is 61.5 Å². The van der Waals surface area contributed by atoms with Crippen LogP contribution in [0.15, 0.2) is 122 Å². The topological polar surface area (TPSA) is 665 Å². The van der Waals surface area contributed by atoms with Crippen LogP contribution in [-0.4, -0.2) is 236 Å². The van der Waals surface area contributed by atoms with Crippen LogP contribution in [-0.2, 0) is 113 Å². The molecule has 6 unspecified atom stereocenters. The van der Waals surface area contributed by atoms with Gasteiger partial charge in [-0.15, -0.1) is 0 Å². The molecule has 4 fully saturated rings. The van der Waals surface area contributed by atoms with E-state index in [1.54, 1.807) is 12.1 Å². The van der Waals surface area contributed by atoms with Crippen molar-refractivity contribution in [2.45, 2.75) is 270 Å². The molecule has 5 aliphatic carbocycles. The zero-order valence-electron chi connectivity index (χ0n) is 76.8. The van der Waals surface area contributed by atoms with Crippen LogP contribution in [0.25, 0.3) is 0 Å². The summed E-state index contributed by atoms with van der Waals surface area (Å²) in [6, 6.07) is 10.1. The minimum Gasteiger partial charge on any atom is -0.481 e. The molecule has 46 heteroatoms. The quantitative estimate of drug-likeness (QED) is 0.00820. The van der Waals surface area contributed by atoms with Crippen LogP contribution in [0.2, 0.25) is 0 Å². The lowest BCUT2D eigenvalue weighted by atomic mass is 9.35. The smallest absolute Gasteiger partial charge is 0.326 e. The molecule has 756 valence electrons. The van der Waals surface area contributed by atoms with Crippen molar-refractivity contribution in [3.05, 3.63) is 119 Å². The van der Waals surface area contributed by atoms with Gasteiger partial charge in [0.15, 0.2) is 5.71 Å². The average Bonchev–Trinajstić information content (AvgIpc) is 1.33. The first-order valence-corrected chi connectivity index (χ1v) is 55.5. The van der Waals surface area contributed by atoms with Gasteiger partial charge in [0.2, 0.25) is 44.1 Å². The number of fused-ring (bicyclic) bond motifs is 2. The summed E-state index contributed by atoms with van der Waals surface area (Å²) in [5, 5.41) is 69.1. The first kappa shape index (κ1) is 111. The molecule has 137 heavy (non-hydrogen) atoms. The van der Waals surface area contributed by atoms with Gasteiger partial charge in [-0.1, -0.05) is 26.3 Å². The van der Waals surface area contributed by atoms with E-state index < -0.39 is 233 Å². The molecule has 3 aromatic rings. The second-order valence-electron chi connectivity index (χ2n) is 38.6. The van der Waals surface area contributed by atoms with Gasteiger partial charge in [-0.2, -0.15) is 38.2 Å². The molecule has 4 saturated carbocycles. The van der Waals surface area contributed by atoms with Gasteiger partial charge in [0, 0.05) is 129 Å². The molecule has 4 bridgehead atoms. The van der Waals surface area contributed by atoms with Gasteiger partial charge < -0.3 is 76.1 Å². The molecule has 2 aliphatic heterocycles. The lowest BCUT2D eigenvalue weighted by molar-refractivity contribution is -0.438. The second-order valence-corrected chi connectivity index (χ2v) is 49.4. The van der Waals surface area contributed by atoms with E-state index in [2.05, 4.69) is 21.3 Å². The molecule has 0 aromatic heterocycles. The average molecular weight is 2040 g/mol. The second kappa shape index (κ2) is 45.7. The van der Waals surface area contributed by atoms with E-state index in [-0.39, 0.29) is 111 Å². The Morgan fingerprint density at radius 3 is 1.51 bits per heavy atom. The summed E-state index contributed by atoms with van der Waals surface area (Å²) >= 11 is 0. The highest BCUT2D eigenvalue weighted by atomic mass is 32.2. The molecule has 7 aliphatic rings. The van der Waals surface area contributed by atoms with E-state index in [4.69, 9.17) is 14.9 Å². The summed E-state index contributed by atoms with van der Waals surface area (Å²) in [5.74, 6) is -14.2. The zero-order valence-corrected chi connectivity index (χ0v) is 81.9. The number of aliphatic carboxylic acids is 6. The zero-order chi connectivity index (χ0) is 101. The van der Waals surface area contributed by atoms with E-state index in [0.717, 1.165) is 6.29 Å². The third-order valence-electron chi connectivity index (χ3n) is 27.0. The number of unbranched alkanes of at least 4 members (excludes halogenated alkanes) is 5. The molecular weight excluding hydrogens is 1910 g/mol. The van der Waals surface area contributed by atoms with Crippen molar-refractivity contribution < 1.29 is 163 Å². The summed E-state index contributed by atoms with van der Waals surface area (Å²) < 4.78 is 173. The highest BCUT2D eigenvalue weighted by Crippen LogP contribution is 2.74. The van der Waals surface area contributed by atoms with Crippen LogP contribution in [0.3, 0.4) is 0 Å². The lowest BCUT2D eigenvalue weighted by Crippen LogP contribution is -2.69. The Balaban J connectivity index is 0.876. The molecule has 0 spiro atoms. The van der Waals surface area contributed by atoms with Gasteiger partial charge in [-0.05, 0) is 255 Å². The number of allylic oxidation sites excluding steroid dienone is 7. The Labute approximate surface area is 795 Å². The van der Waals surface area contributed by atoms with E-state index in [0.29, 0.717) is 147 Å². The van der Waals surface area contributed by atoms with E-state index >= 15 is 0 Å². The number of hydrogen-bond donors (Lipinski definition) is 16. The number of ether oxygens (including phenoxy) is 1. The van der Waals surface area contributed by atoms with Gasteiger partial charge in [0.1, 0.15) is 36.4 Å². The number of carbonyl (C=O) groups is 11. The maximum Gasteiger partial charge on any atom is 0.326 e. The third-order valence-corrected chi connectivity index (χ3v) is 34.3. The molecule has 40 nitrogen and oxygen atoms in total. The predicted octanol–water partition coefficient (Wildman–Crippen LogP) is 10.7. The van der Waals surface area contributed by atoms with Crippen LogP contribution < -0.4 is 30.9 Å². The van der Waals surface area contributed by atoms with Crippen LogP contribution in [0.1, 0.15) is 238 Å². The fraction of sp³-hybridized carbons (Fsp3) is 0.582. The highest BCUT2D eigenvalue weighted by Gasteiger charge is 2.68. The number of rotatable bonds is 57. The SMILES string of the molecule is CC1(C)C(/C=C/C2=C(Oc3ccc(S(=O)(=O)O)cc3)C(=C/C=C3/N(CCCCS(=O)(=O)O)c4ccc(S(=O)(=O)O)cc4C3(C)C)/CCC2)=[N+](CCCCCC(=O)NCCCCCC(=O)NC23CC4(CCC=O)CC(CCC(=O)N[C@@H](CCP(=O)(O)CC(CCC(=O)O)C(=O)O)C(=O)O)(CC(CCC(=O)N[C@@H](CCP(=O)(O)CC(CCC(=O)O)C(=O)O)C(=O)O)(C4)C2)C3)c2ccc(S(=O)(=O)O)cc21.